The van der Waals surface area contributed by atoms with Crippen LogP contribution in [0.2, 0.25) is 0 Å². The highest BCUT2D eigenvalue weighted by Gasteiger charge is 2.14. The van der Waals surface area contributed by atoms with Crippen molar-refractivity contribution < 1.29 is 21.9 Å². The molecule has 182 valence electrons. The summed E-state index contributed by atoms with van der Waals surface area (Å²) >= 11 is 0. The number of amides is 1. The fourth-order valence-corrected chi connectivity index (χ4v) is 4.45. The minimum atomic E-state index is -0.0443. The molecule has 1 amide bonds. The Morgan fingerprint density at radius 1 is 1.03 bits per heavy atom. The summed E-state index contributed by atoms with van der Waals surface area (Å²) in [6.07, 6.45) is 0.338. The first-order valence-corrected chi connectivity index (χ1v) is 13.3. The van der Waals surface area contributed by atoms with Gasteiger partial charge in [-0.1, -0.05) is 75.0 Å². The third-order valence-electron chi connectivity index (χ3n) is 3.26. The number of ether oxygens (including phenoxy) is 3. The number of rotatable bonds is 17. The Labute approximate surface area is 196 Å². The zero-order valence-corrected chi connectivity index (χ0v) is 21.7. The van der Waals surface area contributed by atoms with E-state index in [1.807, 2.05) is 45.5 Å². The third kappa shape index (κ3) is 23.8. The molecule has 0 rings (SSSR count). The molecule has 1 atom stereocenters. The lowest BCUT2D eigenvalue weighted by molar-refractivity contribution is -0.122. The normalized spacial score (nSPS) is 11.5. The molecule has 0 radical (unpaired) electrons. The van der Waals surface area contributed by atoms with Crippen LogP contribution >= 0.6 is 21.6 Å². The fourth-order valence-electron chi connectivity index (χ4n) is 1.79. The van der Waals surface area contributed by atoms with Gasteiger partial charge < -0.3 is 24.8 Å². The van der Waals surface area contributed by atoms with E-state index < -0.39 is 0 Å². The van der Waals surface area contributed by atoms with Crippen LogP contribution in [0.15, 0.2) is 0 Å². The van der Waals surface area contributed by atoms with Gasteiger partial charge in [0.25, 0.3) is 0 Å². The van der Waals surface area contributed by atoms with Crippen LogP contribution in [0.5, 0.6) is 0 Å². The van der Waals surface area contributed by atoms with Gasteiger partial charge in [0.2, 0.25) is 5.91 Å². The van der Waals surface area contributed by atoms with Crippen molar-refractivity contribution in [3.63, 3.8) is 0 Å². The van der Waals surface area contributed by atoms with E-state index in [2.05, 4.69) is 36.3 Å². The van der Waals surface area contributed by atoms with Crippen molar-refractivity contribution >= 4 is 27.5 Å². The summed E-state index contributed by atoms with van der Waals surface area (Å²) in [6, 6.07) is 0. The molecule has 0 saturated heterocycles. The molecule has 2 N–H and O–H groups in total. The fraction of sp³-hybridized carbons (Fsp3) is 0.864. The molecule has 0 aliphatic heterocycles. The minimum Gasteiger partial charge on any atom is -0.379 e. The Balaban J connectivity index is -0.000000950. The van der Waals surface area contributed by atoms with E-state index in [4.69, 9.17) is 14.2 Å². The first kappa shape index (κ1) is 31.8. The van der Waals surface area contributed by atoms with Crippen molar-refractivity contribution in [1.82, 2.24) is 10.6 Å². The Morgan fingerprint density at radius 2 is 1.67 bits per heavy atom. The molecule has 0 aliphatic rings. The van der Waals surface area contributed by atoms with Crippen LogP contribution in [0.4, 0.5) is 0 Å². The third-order valence-corrected chi connectivity index (χ3v) is 6.12. The van der Waals surface area contributed by atoms with E-state index >= 15 is 0 Å². The topological polar surface area (TPSA) is 68.8 Å². The van der Waals surface area contributed by atoms with Gasteiger partial charge in [-0.25, -0.2) is 0 Å². The number of hydrogen-bond donors (Lipinski definition) is 2. The van der Waals surface area contributed by atoms with Crippen molar-refractivity contribution in [3.8, 4) is 11.8 Å². The Bertz CT molecular complexity index is 451. The Kier molecular flexibility index (Phi) is 26.3. The lowest BCUT2D eigenvalue weighted by atomic mass is 10.2. The summed E-state index contributed by atoms with van der Waals surface area (Å²) in [6.45, 7) is 16.2. The van der Waals surface area contributed by atoms with Crippen LogP contribution in [-0.4, -0.2) is 70.3 Å². The highest BCUT2D eigenvalue weighted by Crippen LogP contribution is 2.31. The molecular formula is C22H48N2O4S2. The summed E-state index contributed by atoms with van der Waals surface area (Å²) in [5.41, 5.74) is 0.172. The second-order valence-corrected chi connectivity index (χ2v) is 9.32. The second-order valence-electron chi connectivity index (χ2n) is 6.73. The first-order valence-electron chi connectivity index (χ1n) is 10.9. The molecule has 0 aromatic carbocycles. The predicted octanol–water partition coefficient (Wildman–Crippen LogP) is 4.30. The molecule has 8 heteroatoms. The molecule has 0 saturated carbocycles. The van der Waals surface area contributed by atoms with E-state index in [-0.39, 0.29) is 14.2 Å². The van der Waals surface area contributed by atoms with Crippen LogP contribution in [0, 0.1) is 23.7 Å². The maximum atomic E-state index is 11.6. The van der Waals surface area contributed by atoms with Gasteiger partial charge in [0.05, 0.1) is 39.6 Å². The molecule has 1 unspecified atom stereocenters. The van der Waals surface area contributed by atoms with Crippen molar-refractivity contribution in [2.45, 2.75) is 53.4 Å². The zero-order chi connectivity index (χ0) is 23.0. The van der Waals surface area contributed by atoms with E-state index in [1.165, 1.54) is 0 Å². The Morgan fingerprint density at radius 3 is 2.27 bits per heavy atom. The first-order chi connectivity index (χ1) is 14.5. The molecule has 30 heavy (non-hydrogen) atoms. The van der Waals surface area contributed by atoms with Gasteiger partial charge in [0, 0.05) is 27.5 Å². The van der Waals surface area contributed by atoms with Crippen molar-refractivity contribution in [1.29, 1.82) is 0 Å². The van der Waals surface area contributed by atoms with Crippen LogP contribution in [0.25, 0.3) is 0 Å². The van der Waals surface area contributed by atoms with Crippen LogP contribution < -0.4 is 10.6 Å². The van der Waals surface area contributed by atoms with E-state index in [9.17, 15) is 4.79 Å². The quantitative estimate of drug-likeness (QED) is 0.143. The van der Waals surface area contributed by atoms with Gasteiger partial charge >= 0.3 is 0 Å². The van der Waals surface area contributed by atoms with Gasteiger partial charge in [0.1, 0.15) is 5.44 Å². The molecule has 6 nitrogen and oxygen atoms in total. The summed E-state index contributed by atoms with van der Waals surface area (Å²) < 4.78 is 16.8. The molecule has 0 aromatic heterocycles. The van der Waals surface area contributed by atoms with Gasteiger partial charge in [-0.05, 0) is 13.0 Å². The minimum absolute atomic E-state index is 0. The standard InChI is InChI=1S/C20H38N2O4S2.C2H6.2H2/c1-17(2)7-6-9-22-19(23)8-11-24-12-13-25-14-15-26-20(18(3)4)28-27-16-10-21-5;1-2;;/h17-18,20-21H,8-16H2,1-5H3,(H,22,23);1-2H3;2*1H. The molecule has 0 aliphatic carbocycles. The van der Waals surface area contributed by atoms with Gasteiger partial charge in [-0.3, -0.25) is 4.79 Å². The maximum absolute atomic E-state index is 11.6. The lowest BCUT2D eigenvalue weighted by Crippen LogP contribution is -2.25. The van der Waals surface area contributed by atoms with Crippen molar-refractivity contribution in [3.05, 3.63) is 0 Å². The number of carbonyl (C=O) groups excluding carboxylic acids is 1. The predicted molar refractivity (Wildman–Crippen MR) is 136 cm³/mol. The summed E-state index contributed by atoms with van der Waals surface area (Å²) in [5.74, 6) is 7.71. The molecule has 0 spiro atoms. The highest BCUT2D eigenvalue weighted by molar-refractivity contribution is 8.76. The average molecular weight is 469 g/mol. The van der Waals surface area contributed by atoms with E-state index in [1.54, 1.807) is 10.8 Å². The Hall–Kier alpha value is -0.430. The SMILES string of the molecule is CC.CNCCSSC(OCCOCCOCCC(=O)NCC#CC(C)C)C(C)C.[HH].[HH]. The van der Waals surface area contributed by atoms with Gasteiger partial charge in [-0.15, -0.1) is 0 Å². The van der Waals surface area contributed by atoms with Gasteiger partial charge in [-0.2, -0.15) is 0 Å². The summed E-state index contributed by atoms with van der Waals surface area (Å²) in [7, 11) is 5.57. The molecule has 0 heterocycles. The summed E-state index contributed by atoms with van der Waals surface area (Å²) in [5, 5.41) is 5.89. The highest BCUT2D eigenvalue weighted by atomic mass is 33.1. The van der Waals surface area contributed by atoms with Crippen LogP contribution in [0.1, 0.15) is 50.8 Å². The van der Waals surface area contributed by atoms with Crippen LogP contribution in [0.3, 0.4) is 0 Å². The number of carbonyl (C=O) groups is 1. The molecular weight excluding hydrogens is 420 g/mol. The molecule has 0 bridgehead atoms. The molecule has 0 aromatic rings. The maximum Gasteiger partial charge on any atom is 0.223 e. The number of hydrogen-bond acceptors (Lipinski definition) is 7. The van der Waals surface area contributed by atoms with Crippen molar-refractivity contribution in [2.75, 3.05) is 58.9 Å². The monoisotopic (exact) mass is 468 g/mol. The summed E-state index contributed by atoms with van der Waals surface area (Å²) in [4.78, 5) is 11.6. The largest absolute Gasteiger partial charge is 0.379 e. The van der Waals surface area contributed by atoms with E-state index in [0.29, 0.717) is 57.8 Å². The zero-order valence-electron chi connectivity index (χ0n) is 20.0. The molecule has 0 fully saturated rings. The number of nitrogens with one attached hydrogen (secondary N) is 2. The van der Waals surface area contributed by atoms with Crippen molar-refractivity contribution in [2.24, 2.45) is 11.8 Å². The second kappa shape index (κ2) is 24.8. The average Bonchev–Trinajstić information content (AvgIpc) is 2.72. The van der Waals surface area contributed by atoms with E-state index in [0.717, 1.165) is 12.3 Å². The van der Waals surface area contributed by atoms with Gasteiger partial charge in [0.15, 0.2) is 0 Å². The lowest BCUT2D eigenvalue weighted by Gasteiger charge is -2.20. The smallest absolute Gasteiger partial charge is 0.223 e. The van der Waals surface area contributed by atoms with Crippen LogP contribution in [-0.2, 0) is 19.0 Å².